The zero-order valence-electron chi connectivity index (χ0n) is 34.9. The number of allylic oxidation sites excluding steroid dienone is 4. The van der Waals surface area contributed by atoms with E-state index in [0.717, 1.165) is 19.3 Å². The van der Waals surface area contributed by atoms with Crippen LogP contribution in [0, 0.1) is 0 Å². The van der Waals surface area contributed by atoms with E-state index in [1.807, 2.05) is 0 Å². The molecule has 296 valence electrons. The molecule has 1 aromatic heterocycles. The molecule has 0 N–H and O–H groups in total. The summed E-state index contributed by atoms with van der Waals surface area (Å²) in [7, 11) is 0. The van der Waals surface area contributed by atoms with Crippen LogP contribution >= 0.6 is 0 Å². The van der Waals surface area contributed by atoms with Crippen molar-refractivity contribution in [1.29, 1.82) is 0 Å². The number of benzene rings is 10. The summed E-state index contributed by atoms with van der Waals surface area (Å²) in [5.41, 5.74) is 18.4. The Hall–Kier alpha value is -7.74. The molecule has 0 aliphatic heterocycles. The van der Waals surface area contributed by atoms with Crippen molar-refractivity contribution in [2.45, 2.75) is 25.2 Å². The summed E-state index contributed by atoms with van der Waals surface area (Å²) in [6.45, 7) is 0. The number of para-hydroxylation sites is 1. The van der Waals surface area contributed by atoms with Crippen LogP contribution in [0.1, 0.15) is 35.4 Å². The molecule has 13 rings (SSSR count). The monoisotopic (exact) mass is 801 g/mol. The predicted octanol–water partition coefficient (Wildman–Crippen LogP) is 16.7. The van der Waals surface area contributed by atoms with Crippen molar-refractivity contribution in [2.75, 3.05) is 0 Å². The minimum Gasteiger partial charge on any atom is -0.309 e. The first-order chi connectivity index (χ1) is 31.2. The summed E-state index contributed by atoms with van der Waals surface area (Å²) in [4.78, 5) is 0. The lowest BCUT2D eigenvalue weighted by Crippen LogP contribution is -2.16. The molecule has 1 heterocycles. The molecular weight excluding hydrogens is 759 g/mol. The van der Waals surface area contributed by atoms with E-state index in [1.54, 1.807) is 0 Å². The van der Waals surface area contributed by atoms with Crippen molar-refractivity contribution >= 4 is 59.7 Å². The van der Waals surface area contributed by atoms with Gasteiger partial charge in [0, 0.05) is 22.4 Å². The quantitative estimate of drug-likeness (QED) is 0.153. The number of fused-ring (bicyclic) bond motifs is 11. The van der Waals surface area contributed by atoms with Gasteiger partial charge in [0.25, 0.3) is 0 Å². The second-order valence-electron chi connectivity index (χ2n) is 17.5. The van der Waals surface area contributed by atoms with Crippen LogP contribution in [0.3, 0.4) is 0 Å². The van der Waals surface area contributed by atoms with Gasteiger partial charge in [-0.3, -0.25) is 0 Å². The minimum absolute atomic E-state index is 0.287. The summed E-state index contributed by atoms with van der Waals surface area (Å²) in [6.07, 6.45) is 7.95. The Bertz CT molecular complexity index is 3600. The zero-order chi connectivity index (χ0) is 41.4. The molecule has 0 saturated carbocycles. The number of rotatable bonds is 5. The Morgan fingerprint density at radius 3 is 1.65 bits per heavy atom. The third-order valence-electron chi connectivity index (χ3n) is 14.0. The lowest BCUT2D eigenvalue weighted by Gasteiger charge is -2.32. The minimum atomic E-state index is 0.287. The average Bonchev–Trinajstić information content (AvgIpc) is 3.70. The van der Waals surface area contributed by atoms with Gasteiger partial charge in [-0.1, -0.05) is 176 Å². The molecule has 0 radical (unpaired) electrons. The maximum absolute atomic E-state index is 2.49. The first-order valence-corrected chi connectivity index (χ1v) is 22.4. The first-order valence-electron chi connectivity index (χ1n) is 22.4. The van der Waals surface area contributed by atoms with Gasteiger partial charge >= 0.3 is 0 Å². The summed E-state index contributed by atoms with van der Waals surface area (Å²) in [5, 5.41) is 10.3. The van der Waals surface area contributed by atoms with Gasteiger partial charge in [-0.15, -0.1) is 0 Å². The maximum atomic E-state index is 2.49. The molecule has 1 heteroatoms. The summed E-state index contributed by atoms with van der Waals surface area (Å²) < 4.78 is 2.46. The molecule has 10 aromatic carbocycles. The van der Waals surface area contributed by atoms with E-state index in [0.29, 0.717) is 0 Å². The highest BCUT2D eigenvalue weighted by Gasteiger charge is 2.29. The molecule has 1 atom stereocenters. The van der Waals surface area contributed by atoms with Crippen LogP contribution < -0.4 is 0 Å². The molecule has 0 amide bonds. The van der Waals surface area contributed by atoms with Crippen LogP contribution in [0.5, 0.6) is 0 Å². The van der Waals surface area contributed by atoms with Crippen molar-refractivity contribution in [3.05, 3.63) is 241 Å². The third kappa shape index (κ3) is 5.84. The Balaban J connectivity index is 0.922. The second kappa shape index (κ2) is 14.4. The fourth-order valence-electron chi connectivity index (χ4n) is 11.1. The smallest absolute Gasteiger partial charge is 0.0541 e. The Labute approximate surface area is 367 Å². The van der Waals surface area contributed by atoms with Gasteiger partial charge in [-0.05, 0) is 155 Å². The van der Waals surface area contributed by atoms with Crippen LogP contribution in [-0.2, 0) is 6.42 Å². The van der Waals surface area contributed by atoms with Gasteiger partial charge in [0.05, 0.1) is 11.0 Å². The van der Waals surface area contributed by atoms with Crippen LogP contribution in [-0.4, -0.2) is 4.57 Å². The average molecular weight is 802 g/mol. The van der Waals surface area contributed by atoms with E-state index in [9.17, 15) is 0 Å². The fourth-order valence-corrected chi connectivity index (χ4v) is 11.1. The van der Waals surface area contributed by atoms with Crippen molar-refractivity contribution in [3.8, 4) is 39.1 Å². The fraction of sp³-hybridized carbons (Fsp3) is 0.0645. The van der Waals surface area contributed by atoms with E-state index >= 15 is 0 Å². The number of hydrogen-bond acceptors (Lipinski definition) is 0. The standard InChI is InChI=1S/C62H43N/c1-3-15-40(16-4-1)45-33-46(41-17-5-2-6-18-41)35-47(34-45)58-38-44-28-27-42(36-57(44)52-22-10-11-23-53(52)58)43-29-32-62-60(37-43)56-25-13-14-26-61(56)63(62)48-30-31-55-51-21-8-7-19-49(51)50-20-9-12-24-54(50)59(55)39-48/h1-9,11-21,23-37,39,58H,10,22,38H2/t58-/m1/s1. The molecule has 0 saturated heterocycles. The molecule has 1 nitrogen and oxygen atoms in total. The summed E-state index contributed by atoms with van der Waals surface area (Å²) in [5.74, 6) is 0.287. The van der Waals surface area contributed by atoms with E-state index in [-0.39, 0.29) is 5.92 Å². The van der Waals surface area contributed by atoms with E-state index in [1.165, 1.54) is 121 Å². The van der Waals surface area contributed by atoms with Crippen molar-refractivity contribution < 1.29 is 0 Å². The molecule has 2 aliphatic rings. The van der Waals surface area contributed by atoms with E-state index in [2.05, 4.69) is 223 Å². The van der Waals surface area contributed by atoms with Gasteiger partial charge in [-0.2, -0.15) is 0 Å². The normalized spacial score (nSPS) is 14.8. The highest BCUT2D eigenvalue weighted by molar-refractivity contribution is 6.25. The Morgan fingerprint density at radius 2 is 0.952 bits per heavy atom. The van der Waals surface area contributed by atoms with Crippen LogP contribution in [0.25, 0.3) is 98.8 Å². The molecule has 11 aromatic rings. The van der Waals surface area contributed by atoms with Crippen molar-refractivity contribution in [1.82, 2.24) is 4.57 Å². The zero-order valence-corrected chi connectivity index (χ0v) is 34.9. The highest BCUT2D eigenvalue weighted by Crippen LogP contribution is 2.47. The number of aromatic nitrogens is 1. The Morgan fingerprint density at radius 1 is 0.381 bits per heavy atom. The predicted molar refractivity (Wildman–Crippen MR) is 268 cm³/mol. The molecular formula is C62H43N. The number of hydrogen-bond donors (Lipinski definition) is 0. The summed E-state index contributed by atoms with van der Waals surface area (Å²) in [6, 6.07) is 77.0. The second-order valence-corrected chi connectivity index (χ2v) is 17.5. The highest BCUT2D eigenvalue weighted by atomic mass is 15.0. The van der Waals surface area contributed by atoms with Gasteiger partial charge < -0.3 is 4.57 Å². The lowest BCUT2D eigenvalue weighted by atomic mass is 9.71. The molecule has 0 fully saturated rings. The van der Waals surface area contributed by atoms with Gasteiger partial charge in [0.2, 0.25) is 0 Å². The van der Waals surface area contributed by atoms with E-state index in [4.69, 9.17) is 0 Å². The molecule has 2 aliphatic carbocycles. The molecule has 0 unspecified atom stereocenters. The molecule has 63 heavy (non-hydrogen) atoms. The van der Waals surface area contributed by atoms with Crippen LogP contribution in [0.2, 0.25) is 0 Å². The van der Waals surface area contributed by atoms with Gasteiger partial charge in [-0.25, -0.2) is 0 Å². The Kier molecular flexibility index (Phi) is 8.24. The van der Waals surface area contributed by atoms with Crippen LogP contribution in [0.15, 0.2) is 224 Å². The lowest BCUT2D eigenvalue weighted by molar-refractivity contribution is 0.774. The first kappa shape index (κ1) is 36.0. The molecule has 0 spiro atoms. The van der Waals surface area contributed by atoms with E-state index < -0.39 is 0 Å². The van der Waals surface area contributed by atoms with Gasteiger partial charge in [0.15, 0.2) is 0 Å². The van der Waals surface area contributed by atoms with Gasteiger partial charge in [0.1, 0.15) is 0 Å². The largest absolute Gasteiger partial charge is 0.309 e. The third-order valence-corrected chi connectivity index (χ3v) is 14.0. The maximum Gasteiger partial charge on any atom is 0.0541 e. The SMILES string of the molecule is C1=CC2=C(CC1)c1cc(-c3ccc4c(c3)c3ccccc3n4-c3ccc4c5ccccc5c5ccccc5c4c3)ccc1C[C@@H]2c1cc(-c2ccccc2)cc(-c2ccccc2)c1. The van der Waals surface area contributed by atoms with Crippen molar-refractivity contribution in [2.24, 2.45) is 0 Å². The van der Waals surface area contributed by atoms with Crippen LogP contribution in [0.4, 0.5) is 0 Å². The van der Waals surface area contributed by atoms with Crippen molar-refractivity contribution in [3.63, 3.8) is 0 Å². The molecule has 0 bridgehead atoms. The topological polar surface area (TPSA) is 4.93 Å². The summed E-state index contributed by atoms with van der Waals surface area (Å²) >= 11 is 0. The number of nitrogens with zero attached hydrogens (tertiary/aromatic N) is 1.